The predicted molar refractivity (Wildman–Crippen MR) is 73.0 cm³/mol. The largest absolute Gasteiger partial charge is 0.272 e. The molecule has 0 aromatic carbocycles. The molecule has 0 aliphatic carbocycles. The molecule has 0 unspecified atom stereocenters. The van der Waals surface area contributed by atoms with E-state index in [1.165, 1.54) is 11.1 Å². The minimum absolute atomic E-state index is 0.258. The second kappa shape index (κ2) is 6.07. The van der Waals surface area contributed by atoms with Crippen LogP contribution in [-0.4, -0.2) is 17.1 Å². The number of carbonyl (C=O) groups is 1. The Morgan fingerprint density at radius 2 is 2.39 bits per heavy atom. The minimum atomic E-state index is -0.258. The summed E-state index contributed by atoms with van der Waals surface area (Å²) in [5.74, 6) is -0.258. The highest BCUT2D eigenvalue weighted by molar-refractivity contribution is 7.13. The Kier molecular flexibility index (Phi) is 4.20. The van der Waals surface area contributed by atoms with Gasteiger partial charge in [-0.2, -0.15) is 5.10 Å². The highest BCUT2D eigenvalue weighted by Crippen LogP contribution is 2.14. The molecule has 1 amide bonds. The van der Waals surface area contributed by atoms with Crippen LogP contribution in [0.3, 0.4) is 0 Å². The monoisotopic (exact) mass is 259 g/mol. The van der Waals surface area contributed by atoms with E-state index in [2.05, 4.69) is 28.5 Å². The molecule has 0 saturated carbocycles. The molecule has 92 valence electrons. The summed E-state index contributed by atoms with van der Waals surface area (Å²) >= 11 is 1.67. The summed E-state index contributed by atoms with van der Waals surface area (Å²) in [6.45, 7) is 2.11. The van der Waals surface area contributed by atoms with Crippen molar-refractivity contribution in [3.63, 3.8) is 0 Å². The quantitative estimate of drug-likeness (QED) is 0.677. The molecule has 2 aromatic heterocycles. The number of hydrazone groups is 1. The van der Waals surface area contributed by atoms with Crippen LogP contribution in [0.2, 0.25) is 0 Å². The van der Waals surface area contributed by atoms with E-state index < -0.39 is 0 Å². The van der Waals surface area contributed by atoms with Crippen LogP contribution in [0, 0.1) is 0 Å². The average Bonchev–Trinajstić information content (AvgIpc) is 2.87. The van der Waals surface area contributed by atoms with Crippen molar-refractivity contribution in [2.24, 2.45) is 5.10 Å². The number of amides is 1. The van der Waals surface area contributed by atoms with Crippen LogP contribution >= 0.6 is 11.3 Å². The second-order valence-corrected chi connectivity index (χ2v) is 4.80. The van der Waals surface area contributed by atoms with Gasteiger partial charge in [-0.15, -0.1) is 11.3 Å². The molecule has 2 rings (SSSR count). The van der Waals surface area contributed by atoms with Crippen LogP contribution in [0.1, 0.15) is 27.0 Å². The van der Waals surface area contributed by atoms with Gasteiger partial charge >= 0.3 is 0 Å². The zero-order chi connectivity index (χ0) is 12.8. The fourth-order valence-electron chi connectivity index (χ4n) is 1.37. The number of nitrogens with one attached hydrogen (secondary N) is 1. The first kappa shape index (κ1) is 12.4. The van der Waals surface area contributed by atoms with Gasteiger partial charge in [0, 0.05) is 22.1 Å². The fourth-order valence-corrected chi connectivity index (χ4v) is 2.19. The van der Waals surface area contributed by atoms with E-state index in [1.54, 1.807) is 35.9 Å². The maximum absolute atomic E-state index is 11.6. The van der Waals surface area contributed by atoms with Crippen LogP contribution in [0.25, 0.3) is 0 Å². The van der Waals surface area contributed by atoms with Crippen molar-refractivity contribution in [3.8, 4) is 0 Å². The van der Waals surface area contributed by atoms with E-state index in [4.69, 9.17) is 0 Å². The van der Waals surface area contributed by atoms with E-state index in [1.807, 2.05) is 6.07 Å². The van der Waals surface area contributed by atoms with Gasteiger partial charge in [-0.25, -0.2) is 5.43 Å². The molecule has 0 saturated heterocycles. The normalized spacial score (nSPS) is 10.7. The summed E-state index contributed by atoms with van der Waals surface area (Å²) in [5, 5.41) is 3.92. The highest BCUT2D eigenvalue weighted by Gasteiger charge is 2.02. The van der Waals surface area contributed by atoms with Crippen molar-refractivity contribution in [2.45, 2.75) is 13.3 Å². The Balaban J connectivity index is 1.93. The van der Waals surface area contributed by atoms with Crippen molar-refractivity contribution in [3.05, 3.63) is 52.0 Å². The number of hydrogen-bond donors (Lipinski definition) is 1. The standard InChI is InChI=1S/C13H13N3OS/c1-2-11-5-6-12(18-11)9-15-16-13(17)10-4-3-7-14-8-10/h3-9H,2H2,1H3,(H,16,17)/b15-9+. The van der Waals surface area contributed by atoms with Crippen LogP contribution in [0.15, 0.2) is 41.8 Å². The number of carbonyl (C=O) groups excluding carboxylic acids is 1. The van der Waals surface area contributed by atoms with E-state index in [-0.39, 0.29) is 5.91 Å². The van der Waals surface area contributed by atoms with Gasteiger partial charge in [-0.1, -0.05) is 6.92 Å². The first-order chi connectivity index (χ1) is 8.79. The van der Waals surface area contributed by atoms with Crippen molar-refractivity contribution >= 4 is 23.5 Å². The minimum Gasteiger partial charge on any atom is -0.267 e. The zero-order valence-electron chi connectivity index (χ0n) is 9.96. The molecule has 0 spiro atoms. The molecule has 0 fully saturated rings. The van der Waals surface area contributed by atoms with Gasteiger partial charge in [-0.3, -0.25) is 9.78 Å². The Bertz CT molecular complexity index is 548. The predicted octanol–water partition coefficient (Wildman–Crippen LogP) is 2.47. The van der Waals surface area contributed by atoms with Crippen LogP contribution in [-0.2, 0) is 6.42 Å². The summed E-state index contributed by atoms with van der Waals surface area (Å²) in [7, 11) is 0. The fraction of sp³-hybridized carbons (Fsp3) is 0.154. The smallest absolute Gasteiger partial charge is 0.267 e. The topological polar surface area (TPSA) is 54.4 Å². The molecule has 2 aromatic rings. The van der Waals surface area contributed by atoms with Gasteiger partial charge in [0.1, 0.15) is 0 Å². The summed E-state index contributed by atoms with van der Waals surface area (Å²) in [6.07, 6.45) is 5.79. The number of pyridine rings is 1. The number of aryl methyl sites for hydroxylation is 1. The number of rotatable bonds is 4. The molecule has 4 nitrogen and oxygen atoms in total. The SMILES string of the molecule is CCc1ccc(/C=N/NC(=O)c2cccnc2)s1. The van der Waals surface area contributed by atoms with E-state index in [0.29, 0.717) is 5.56 Å². The zero-order valence-corrected chi connectivity index (χ0v) is 10.8. The van der Waals surface area contributed by atoms with Crippen LogP contribution in [0.4, 0.5) is 0 Å². The van der Waals surface area contributed by atoms with Crippen molar-refractivity contribution in [1.82, 2.24) is 10.4 Å². The Morgan fingerprint density at radius 3 is 3.06 bits per heavy atom. The maximum atomic E-state index is 11.6. The van der Waals surface area contributed by atoms with Crippen molar-refractivity contribution in [1.29, 1.82) is 0 Å². The van der Waals surface area contributed by atoms with Gasteiger partial charge in [0.25, 0.3) is 5.91 Å². The lowest BCUT2D eigenvalue weighted by atomic mass is 10.3. The molecular formula is C13H13N3OS. The Morgan fingerprint density at radius 1 is 1.50 bits per heavy atom. The molecule has 0 radical (unpaired) electrons. The van der Waals surface area contributed by atoms with Crippen LogP contribution < -0.4 is 5.43 Å². The lowest BCUT2D eigenvalue weighted by Gasteiger charge is -1.97. The molecular weight excluding hydrogens is 246 g/mol. The molecule has 18 heavy (non-hydrogen) atoms. The third-order valence-corrected chi connectivity index (χ3v) is 3.48. The molecule has 0 atom stereocenters. The summed E-state index contributed by atoms with van der Waals surface area (Å²) < 4.78 is 0. The first-order valence-corrected chi connectivity index (χ1v) is 6.43. The Hall–Kier alpha value is -2.01. The lowest BCUT2D eigenvalue weighted by Crippen LogP contribution is -2.17. The van der Waals surface area contributed by atoms with Crippen LogP contribution in [0.5, 0.6) is 0 Å². The van der Waals surface area contributed by atoms with Gasteiger partial charge in [-0.05, 0) is 30.7 Å². The van der Waals surface area contributed by atoms with Gasteiger partial charge in [0.15, 0.2) is 0 Å². The van der Waals surface area contributed by atoms with Crippen molar-refractivity contribution < 1.29 is 4.79 Å². The summed E-state index contributed by atoms with van der Waals surface area (Å²) in [6, 6.07) is 7.46. The third-order valence-electron chi connectivity index (χ3n) is 2.31. The van der Waals surface area contributed by atoms with Gasteiger partial charge in [0.05, 0.1) is 11.8 Å². The van der Waals surface area contributed by atoms with E-state index in [0.717, 1.165) is 11.3 Å². The lowest BCUT2D eigenvalue weighted by molar-refractivity contribution is 0.0955. The number of hydrogen-bond acceptors (Lipinski definition) is 4. The second-order valence-electron chi connectivity index (χ2n) is 3.60. The number of aromatic nitrogens is 1. The molecule has 0 aliphatic heterocycles. The molecule has 2 heterocycles. The van der Waals surface area contributed by atoms with Crippen molar-refractivity contribution in [2.75, 3.05) is 0 Å². The number of nitrogens with zero attached hydrogens (tertiary/aromatic N) is 2. The van der Waals surface area contributed by atoms with Gasteiger partial charge < -0.3 is 0 Å². The summed E-state index contributed by atoms with van der Waals surface area (Å²) in [4.78, 5) is 17.8. The first-order valence-electron chi connectivity index (χ1n) is 5.61. The summed E-state index contributed by atoms with van der Waals surface area (Å²) in [5.41, 5.74) is 2.97. The van der Waals surface area contributed by atoms with E-state index >= 15 is 0 Å². The third kappa shape index (κ3) is 3.24. The molecule has 1 N–H and O–H groups in total. The highest BCUT2D eigenvalue weighted by atomic mass is 32.1. The Labute approximate surface area is 109 Å². The van der Waals surface area contributed by atoms with E-state index in [9.17, 15) is 4.79 Å². The van der Waals surface area contributed by atoms with Gasteiger partial charge in [0.2, 0.25) is 0 Å². The molecule has 0 aliphatic rings. The number of thiophene rings is 1. The molecule has 5 heteroatoms. The maximum Gasteiger partial charge on any atom is 0.272 e. The molecule has 0 bridgehead atoms. The average molecular weight is 259 g/mol.